The smallest absolute Gasteiger partial charge is 0.335 e. The Bertz CT molecular complexity index is 939. The van der Waals surface area contributed by atoms with Crippen LogP contribution >= 0.6 is 0 Å². The number of rotatable bonds is 7. The van der Waals surface area contributed by atoms with Gasteiger partial charge in [0.05, 0.1) is 18.7 Å². The fraction of sp³-hybridized carbons (Fsp3) is 0.333. The van der Waals surface area contributed by atoms with Crippen molar-refractivity contribution >= 4 is 29.6 Å². The van der Waals surface area contributed by atoms with E-state index in [-0.39, 0.29) is 12.3 Å². The van der Waals surface area contributed by atoms with Gasteiger partial charge in [-0.2, -0.15) is 5.10 Å². The summed E-state index contributed by atoms with van der Waals surface area (Å²) in [4.78, 5) is 39.5. The number of hydrogen-bond donors (Lipinski definition) is 2. The lowest BCUT2D eigenvalue weighted by atomic mass is 9.89. The number of nitrogens with two attached hydrogens (primary N) is 2. The number of anilines is 1. The number of hydrazone groups is 1. The quantitative estimate of drug-likeness (QED) is 0.228. The van der Waals surface area contributed by atoms with E-state index in [1.807, 2.05) is 0 Å². The van der Waals surface area contributed by atoms with Crippen LogP contribution in [0.3, 0.4) is 0 Å². The fourth-order valence-corrected chi connectivity index (χ4v) is 3.32. The Kier molecular flexibility index (Phi) is 6.31. The van der Waals surface area contributed by atoms with Gasteiger partial charge >= 0.3 is 5.97 Å². The normalized spacial score (nSPS) is 18.9. The number of Topliss-reactive ketones (excluding diaryl/α,β-unsaturated/α-hetero) is 1. The number of esters is 1. The molecule has 2 unspecified atom stereocenters. The molecule has 1 amide bonds. The minimum Gasteiger partial charge on any atom is -0.472 e. The molecule has 9 heteroatoms. The molecule has 1 aromatic heterocycles. The third-order valence-corrected chi connectivity index (χ3v) is 5.12. The monoisotopic (exact) mass is 412 g/mol. The van der Waals surface area contributed by atoms with Crippen LogP contribution in [0.15, 0.2) is 52.4 Å². The average Bonchev–Trinajstić information content (AvgIpc) is 3.23. The minimum atomic E-state index is -1.89. The SMILES string of the molecule is CC(=O)C(N)(Cc1ccoc1)C(=O)OC1CCCN(c2ccc(C=NN)cc2)C1=O. The molecule has 0 spiro atoms. The van der Waals surface area contributed by atoms with E-state index in [1.165, 1.54) is 25.7 Å². The van der Waals surface area contributed by atoms with Crippen molar-refractivity contribution in [3.8, 4) is 0 Å². The molecule has 2 aromatic rings. The van der Waals surface area contributed by atoms with Crippen molar-refractivity contribution in [2.75, 3.05) is 11.4 Å². The molecule has 0 saturated carbocycles. The molecular formula is C21H24N4O5. The van der Waals surface area contributed by atoms with Gasteiger partial charge in [0.15, 0.2) is 17.4 Å². The van der Waals surface area contributed by atoms with Crippen molar-refractivity contribution in [1.82, 2.24) is 0 Å². The summed E-state index contributed by atoms with van der Waals surface area (Å²) in [6.07, 6.45) is 4.23. The van der Waals surface area contributed by atoms with Crippen LogP contribution < -0.4 is 16.5 Å². The molecule has 4 N–H and O–H groups in total. The number of furan rings is 1. The van der Waals surface area contributed by atoms with Gasteiger partial charge < -0.3 is 25.6 Å². The number of benzene rings is 1. The first kappa shape index (κ1) is 21.3. The van der Waals surface area contributed by atoms with Gasteiger partial charge in [0.1, 0.15) is 0 Å². The Hall–Kier alpha value is -3.46. The molecule has 0 bridgehead atoms. The maximum atomic E-state index is 12.9. The van der Waals surface area contributed by atoms with Crippen LogP contribution in [0.1, 0.15) is 30.9 Å². The Morgan fingerprint density at radius 3 is 2.67 bits per heavy atom. The summed E-state index contributed by atoms with van der Waals surface area (Å²) in [5.74, 6) is 3.31. The van der Waals surface area contributed by atoms with E-state index >= 15 is 0 Å². The second-order valence-electron chi connectivity index (χ2n) is 7.23. The lowest BCUT2D eigenvalue weighted by Crippen LogP contribution is -2.58. The molecule has 0 aliphatic carbocycles. The average molecular weight is 412 g/mol. The summed E-state index contributed by atoms with van der Waals surface area (Å²) < 4.78 is 10.4. The van der Waals surface area contributed by atoms with Gasteiger partial charge in [0.25, 0.3) is 5.91 Å². The number of piperidine rings is 1. The number of carbonyl (C=O) groups excluding carboxylic acids is 3. The van der Waals surface area contributed by atoms with E-state index in [1.54, 1.807) is 35.2 Å². The first-order chi connectivity index (χ1) is 14.3. The predicted molar refractivity (Wildman–Crippen MR) is 110 cm³/mol. The van der Waals surface area contributed by atoms with E-state index in [9.17, 15) is 14.4 Å². The van der Waals surface area contributed by atoms with Crippen LogP contribution in [0.2, 0.25) is 0 Å². The summed E-state index contributed by atoms with van der Waals surface area (Å²) in [6, 6.07) is 8.70. The molecule has 1 saturated heterocycles. The minimum absolute atomic E-state index is 0.0769. The highest BCUT2D eigenvalue weighted by Crippen LogP contribution is 2.25. The lowest BCUT2D eigenvalue weighted by Gasteiger charge is -2.34. The van der Waals surface area contributed by atoms with Gasteiger partial charge in [-0.05, 0) is 49.1 Å². The standard InChI is InChI=1S/C21H24N4O5/c1-14(26)21(22,11-16-8-10-29-13-16)20(28)30-18-3-2-9-25(19(18)27)17-6-4-15(5-7-17)12-24-23/h4-8,10,12-13,18H,2-3,9,11,22-23H2,1H3. The molecule has 1 aliphatic heterocycles. The zero-order valence-corrected chi connectivity index (χ0v) is 16.6. The van der Waals surface area contributed by atoms with Crippen LogP contribution in [0.4, 0.5) is 5.69 Å². The molecule has 30 heavy (non-hydrogen) atoms. The molecular weight excluding hydrogens is 388 g/mol. The summed E-state index contributed by atoms with van der Waals surface area (Å²) in [5, 5.41) is 3.46. The van der Waals surface area contributed by atoms with Crippen molar-refractivity contribution in [2.24, 2.45) is 16.7 Å². The molecule has 3 rings (SSSR count). The molecule has 158 valence electrons. The lowest BCUT2D eigenvalue weighted by molar-refractivity contribution is -0.163. The van der Waals surface area contributed by atoms with Crippen molar-refractivity contribution in [3.05, 3.63) is 54.0 Å². The molecule has 9 nitrogen and oxygen atoms in total. The van der Waals surface area contributed by atoms with Gasteiger partial charge in [-0.3, -0.25) is 9.59 Å². The second kappa shape index (κ2) is 8.91. The van der Waals surface area contributed by atoms with Crippen molar-refractivity contribution in [2.45, 2.75) is 37.8 Å². The third-order valence-electron chi connectivity index (χ3n) is 5.12. The summed E-state index contributed by atoms with van der Waals surface area (Å²) in [5.41, 5.74) is 6.27. The van der Waals surface area contributed by atoms with E-state index in [0.29, 0.717) is 30.6 Å². The zero-order valence-electron chi connectivity index (χ0n) is 16.6. The van der Waals surface area contributed by atoms with Crippen molar-refractivity contribution in [3.63, 3.8) is 0 Å². The molecule has 2 atom stereocenters. The van der Waals surface area contributed by atoms with Crippen LogP contribution in [0, 0.1) is 0 Å². The number of ether oxygens (including phenoxy) is 1. The molecule has 2 heterocycles. The molecule has 1 aliphatic rings. The number of ketones is 1. The highest BCUT2D eigenvalue weighted by molar-refractivity contribution is 6.08. The predicted octanol–water partition coefficient (Wildman–Crippen LogP) is 1.14. The molecule has 1 fully saturated rings. The van der Waals surface area contributed by atoms with E-state index in [4.69, 9.17) is 20.7 Å². The van der Waals surface area contributed by atoms with Crippen molar-refractivity contribution in [1.29, 1.82) is 0 Å². The van der Waals surface area contributed by atoms with Crippen molar-refractivity contribution < 1.29 is 23.5 Å². The number of amides is 1. The van der Waals surface area contributed by atoms with Gasteiger partial charge in [0, 0.05) is 18.7 Å². The van der Waals surface area contributed by atoms with E-state index in [2.05, 4.69) is 5.10 Å². The number of hydrogen-bond acceptors (Lipinski definition) is 8. The third kappa shape index (κ3) is 4.41. The van der Waals surface area contributed by atoms with Gasteiger partial charge in [-0.1, -0.05) is 12.1 Å². The maximum Gasteiger partial charge on any atom is 0.335 e. The zero-order chi connectivity index (χ0) is 21.7. The Balaban J connectivity index is 1.74. The molecule has 0 radical (unpaired) electrons. The van der Waals surface area contributed by atoms with Crippen LogP contribution in [0.5, 0.6) is 0 Å². The summed E-state index contributed by atoms with van der Waals surface area (Å²) >= 11 is 0. The first-order valence-corrected chi connectivity index (χ1v) is 9.52. The number of nitrogens with zero attached hydrogens (tertiary/aromatic N) is 2. The van der Waals surface area contributed by atoms with E-state index in [0.717, 1.165) is 5.56 Å². The van der Waals surface area contributed by atoms with Crippen LogP contribution in [0.25, 0.3) is 0 Å². The van der Waals surface area contributed by atoms with Crippen LogP contribution in [-0.2, 0) is 25.5 Å². The fourth-order valence-electron chi connectivity index (χ4n) is 3.32. The second-order valence-corrected chi connectivity index (χ2v) is 7.23. The topological polar surface area (TPSA) is 141 Å². The largest absolute Gasteiger partial charge is 0.472 e. The van der Waals surface area contributed by atoms with Gasteiger partial charge in [0.2, 0.25) is 0 Å². The Morgan fingerprint density at radius 2 is 2.07 bits per heavy atom. The number of carbonyl (C=O) groups is 3. The highest BCUT2D eigenvalue weighted by Gasteiger charge is 2.44. The Morgan fingerprint density at radius 1 is 1.33 bits per heavy atom. The summed E-state index contributed by atoms with van der Waals surface area (Å²) in [7, 11) is 0. The van der Waals surface area contributed by atoms with Crippen LogP contribution in [-0.4, -0.2) is 42.1 Å². The Labute approximate surface area is 173 Å². The highest BCUT2D eigenvalue weighted by atomic mass is 16.6. The molecule has 1 aromatic carbocycles. The van der Waals surface area contributed by atoms with E-state index < -0.39 is 23.4 Å². The maximum absolute atomic E-state index is 12.9. The van der Waals surface area contributed by atoms with Gasteiger partial charge in [-0.25, -0.2) is 4.79 Å². The first-order valence-electron chi connectivity index (χ1n) is 9.52. The van der Waals surface area contributed by atoms with Gasteiger partial charge in [-0.15, -0.1) is 0 Å². The summed E-state index contributed by atoms with van der Waals surface area (Å²) in [6.45, 7) is 1.72.